The predicted octanol–water partition coefficient (Wildman–Crippen LogP) is 2.19. The first-order valence-corrected chi connectivity index (χ1v) is 7.01. The zero-order valence-corrected chi connectivity index (χ0v) is 12.4. The highest BCUT2D eigenvalue weighted by atomic mass is 16.5. The van der Waals surface area contributed by atoms with Crippen LogP contribution in [0.5, 0.6) is 0 Å². The van der Waals surface area contributed by atoms with Crippen LogP contribution >= 0.6 is 0 Å². The lowest BCUT2D eigenvalue weighted by atomic mass is 10.1. The van der Waals surface area contributed by atoms with Crippen molar-refractivity contribution in [3.8, 4) is 0 Å². The molecular formula is C15H25N3O. The molecule has 1 fully saturated rings. The lowest BCUT2D eigenvalue weighted by Crippen LogP contribution is -2.42. The number of anilines is 1. The predicted molar refractivity (Wildman–Crippen MR) is 78.5 cm³/mol. The van der Waals surface area contributed by atoms with Crippen LogP contribution in [0.3, 0.4) is 0 Å². The van der Waals surface area contributed by atoms with Crippen LogP contribution in [0.1, 0.15) is 33.3 Å². The number of ether oxygens (including phenoxy) is 1. The Kier molecular flexibility index (Phi) is 4.42. The Balaban J connectivity index is 2.11. The Morgan fingerprint density at radius 2 is 2.26 bits per heavy atom. The molecular weight excluding hydrogens is 238 g/mol. The number of hydrogen-bond acceptors (Lipinski definition) is 4. The Morgan fingerprint density at radius 3 is 2.95 bits per heavy atom. The summed E-state index contributed by atoms with van der Waals surface area (Å²) in [4.78, 5) is 6.90. The highest BCUT2D eigenvalue weighted by Gasteiger charge is 2.20. The molecule has 106 valence electrons. The lowest BCUT2D eigenvalue weighted by Gasteiger charge is -2.33. The van der Waals surface area contributed by atoms with Crippen LogP contribution in [-0.4, -0.2) is 36.3 Å². The first-order chi connectivity index (χ1) is 8.96. The number of pyridine rings is 1. The maximum absolute atomic E-state index is 5.60. The molecule has 0 amide bonds. The fourth-order valence-electron chi connectivity index (χ4n) is 2.22. The van der Waals surface area contributed by atoms with Gasteiger partial charge >= 0.3 is 0 Å². The van der Waals surface area contributed by atoms with Gasteiger partial charge in [0, 0.05) is 36.9 Å². The molecule has 2 heterocycles. The van der Waals surface area contributed by atoms with E-state index in [-0.39, 0.29) is 11.6 Å². The molecule has 4 nitrogen and oxygen atoms in total. The van der Waals surface area contributed by atoms with Crippen molar-refractivity contribution in [2.45, 2.75) is 45.9 Å². The van der Waals surface area contributed by atoms with E-state index in [1.165, 1.54) is 5.56 Å². The molecule has 1 atom stereocenters. The molecule has 19 heavy (non-hydrogen) atoms. The molecule has 1 aliphatic rings. The molecule has 1 unspecified atom stereocenters. The van der Waals surface area contributed by atoms with Crippen molar-refractivity contribution in [1.29, 1.82) is 0 Å². The van der Waals surface area contributed by atoms with Crippen LogP contribution < -0.4 is 10.2 Å². The summed E-state index contributed by atoms with van der Waals surface area (Å²) in [6.07, 6.45) is 2.15. The summed E-state index contributed by atoms with van der Waals surface area (Å²) in [5, 5.41) is 3.53. The van der Waals surface area contributed by atoms with Gasteiger partial charge in [-0.2, -0.15) is 0 Å². The maximum atomic E-state index is 5.60. The van der Waals surface area contributed by atoms with Gasteiger partial charge in [-0.05, 0) is 33.8 Å². The van der Waals surface area contributed by atoms with Gasteiger partial charge in [-0.3, -0.25) is 0 Å². The highest BCUT2D eigenvalue weighted by molar-refractivity contribution is 5.47. The third kappa shape index (κ3) is 4.18. The monoisotopic (exact) mass is 263 g/mol. The summed E-state index contributed by atoms with van der Waals surface area (Å²) >= 11 is 0. The minimum atomic E-state index is 0.116. The van der Waals surface area contributed by atoms with Crippen molar-refractivity contribution < 1.29 is 4.74 Å². The maximum Gasteiger partial charge on any atom is 0.133 e. The van der Waals surface area contributed by atoms with Crippen LogP contribution in [-0.2, 0) is 11.3 Å². The number of nitrogens with zero attached hydrogens (tertiary/aromatic N) is 2. The molecule has 1 saturated heterocycles. The fraction of sp³-hybridized carbons (Fsp3) is 0.667. The van der Waals surface area contributed by atoms with Gasteiger partial charge in [0.1, 0.15) is 5.82 Å². The largest absolute Gasteiger partial charge is 0.375 e. The Morgan fingerprint density at radius 1 is 1.47 bits per heavy atom. The van der Waals surface area contributed by atoms with Crippen molar-refractivity contribution in [3.05, 3.63) is 23.9 Å². The molecule has 2 rings (SSSR count). The Labute approximate surface area is 116 Å². The minimum Gasteiger partial charge on any atom is -0.375 e. The van der Waals surface area contributed by atoms with E-state index in [1.54, 1.807) is 0 Å². The standard InChI is InChI=1S/C15H25N3O/c1-12-11-18(8-9-19-12)14-13(6-5-7-16-14)10-17-15(2,3)4/h5-7,12,17H,8-11H2,1-4H3. The minimum absolute atomic E-state index is 0.116. The summed E-state index contributed by atoms with van der Waals surface area (Å²) in [6.45, 7) is 12.1. The van der Waals surface area contributed by atoms with Crippen LogP contribution in [0.2, 0.25) is 0 Å². The van der Waals surface area contributed by atoms with E-state index in [9.17, 15) is 0 Å². The summed E-state index contributed by atoms with van der Waals surface area (Å²) in [5.74, 6) is 1.09. The molecule has 0 bridgehead atoms. The van der Waals surface area contributed by atoms with E-state index in [0.29, 0.717) is 0 Å². The number of nitrogens with one attached hydrogen (secondary N) is 1. The van der Waals surface area contributed by atoms with Gasteiger partial charge in [0.05, 0.1) is 12.7 Å². The third-order valence-corrected chi connectivity index (χ3v) is 3.22. The smallest absolute Gasteiger partial charge is 0.133 e. The van der Waals surface area contributed by atoms with Gasteiger partial charge < -0.3 is 15.0 Å². The molecule has 1 N–H and O–H groups in total. The van der Waals surface area contributed by atoms with Gasteiger partial charge in [0.2, 0.25) is 0 Å². The second-order valence-electron chi connectivity index (χ2n) is 6.22. The number of rotatable bonds is 3. The number of aromatic nitrogens is 1. The fourth-order valence-corrected chi connectivity index (χ4v) is 2.22. The van der Waals surface area contributed by atoms with Crippen LogP contribution in [0.15, 0.2) is 18.3 Å². The second-order valence-corrected chi connectivity index (χ2v) is 6.22. The van der Waals surface area contributed by atoms with E-state index in [2.05, 4.69) is 49.0 Å². The Hall–Kier alpha value is -1.13. The van der Waals surface area contributed by atoms with Crippen molar-refractivity contribution in [3.63, 3.8) is 0 Å². The summed E-state index contributed by atoms with van der Waals surface area (Å²) < 4.78 is 5.60. The first-order valence-electron chi connectivity index (χ1n) is 7.01. The van der Waals surface area contributed by atoms with Crippen LogP contribution in [0.4, 0.5) is 5.82 Å². The SMILES string of the molecule is CC1CN(c2ncccc2CNC(C)(C)C)CCO1. The summed E-state index contributed by atoms with van der Waals surface area (Å²) in [7, 11) is 0. The lowest BCUT2D eigenvalue weighted by molar-refractivity contribution is 0.0528. The van der Waals surface area contributed by atoms with Gasteiger partial charge in [-0.1, -0.05) is 6.07 Å². The first kappa shape index (κ1) is 14.3. The normalized spacial score (nSPS) is 20.6. The average molecular weight is 263 g/mol. The molecule has 1 aromatic heterocycles. The molecule has 0 spiro atoms. The molecule has 1 aromatic rings. The van der Waals surface area contributed by atoms with E-state index < -0.39 is 0 Å². The summed E-state index contributed by atoms with van der Waals surface area (Å²) in [5.41, 5.74) is 1.37. The Bertz CT molecular complexity index is 414. The van der Waals surface area contributed by atoms with E-state index in [4.69, 9.17) is 4.74 Å². The molecule has 4 heteroatoms. The highest BCUT2D eigenvalue weighted by Crippen LogP contribution is 2.20. The van der Waals surface area contributed by atoms with Gasteiger partial charge in [-0.15, -0.1) is 0 Å². The van der Waals surface area contributed by atoms with Gasteiger partial charge in [0.15, 0.2) is 0 Å². The van der Waals surface area contributed by atoms with Crippen molar-refractivity contribution in [2.24, 2.45) is 0 Å². The second kappa shape index (κ2) is 5.88. The van der Waals surface area contributed by atoms with E-state index in [1.807, 2.05) is 12.3 Å². The number of morpholine rings is 1. The van der Waals surface area contributed by atoms with Crippen LogP contribution in [0.25, 0.3) is 0 Å². The van der Waals surface area contributed by atoms with Crippen LogP contribution in [0, 0.1) is 0 Å². The zero-order chi connectivity index (χ0) is 13.9. The molecule has 0 radical (unpaired) electrons. The third-order valence-electron chi connectivity index (χ3n) is 3.22. The molecule has 0 aliphatic carbocycles. The topological polar surface area (TPSA) is 37.4 Å². The van der Waals surface area contributed by atoms with Crippen molar-refractivity contribution >= 4 is 5.82 Å². The van der Waals surface area contributed by atoms with Crippen molar-refractivity contribution in [1.82, 2.24) is 10.3 Å². The molecule has 0 saturated carbocycles. The zero-order valence-electron chi connectivity index (χ0n) is 12.4. The van der Waals surface area contributed by atoms with E-state index >= 15 is 0 Å². The van der Waals surface area contributed by atoms with Crippen molar-refractivity contribution in [2.75, 3.05) is 24.6 Å². The van der Waals surface area contributed by atoms with Gasteiger partial charge in [-0.25, -0.2) is 4.98 Å². The average Bonchev–Trinajstić information content (AvgIpc) is 2.36. The summed E-state index contributed by atoms with van der Waals surface area (Å²) in [6, 6.07) is 4.16. The van der Waals surface area contributed by atoms with Gasteiger partial charge in [0.25, 0.3) is 0 Å². The molecule has 0 aromatic carbocycles. The molecule has 1 aliphatic heterocycles. The number of hydrogen-bond donors (Lipinski definition) is 1. The van der Waals surface area contributed by atoms with E-state index in [0.717, 1.165) is 32.1 Å². The quantitative estimate of drug-likeness (QED) is 0.907.